The Balaban J connectivity index is 1.30. The summed E-state index contributed by atoms with van der Waals surface area (Å²) in [4.78, 5) is 16.5. The quantitative estimate of drug-likeness (QED) is 0.784. The minimum Gasteiger partial charge on any atom is -0.313 e. The Hall–Kier alpha value is -2.39. The molecule has 0 N–H and O–H groups in total. The van der Waals surface area contributed by atoms with Crippen LogP contribution < -0.4 is 4.90 Å². The molecule has 3 heteroatoms. The van der Waals surface area contributed by atoms with Crippen molar-refractivity contribution in [2.75, 3.05) is 31.1 Å². The maximum Gasteiger partial charge on any atom is 0.223 e. The highest BCUT2D eigenvalue weighted by Gasteiger charge is 2.37. The third-order valence-corrected chi connectivity index (χ3v) is 6.13. The van der Waals surface area contributed by atoms with E-state index in [2.05, 4.69) is 41.3 Å². The molecule has 1 spiro atoms. The summed E-state index contributed by atoms with van der Waals surface area (Å²) in [6.07, 6.45) is 8.12. The molecule has 1 fully saturated rings. The number of carbonyl (C=O) groups excluding carboxylic acids is 1. The predicted molar refractivity (Wildman–Crippen MR) is 112 cm³/mol. The number of benzene rings is 2. The van der Waals surface area contributed by atoms with Crippen LogP contribution >= 0.6 is 0 Å². The molecular weight excluding hydrogens is 332 g/mol. The molecule has 0 bridgehead atoms. The molecule has 1 saturated heterocycles. The van der Waals surface area contributed by atoms with Gasteiger partial charge in [0.25, 0.3) is 0 Å². The summed E-state index contributed by atoms with van der Waals surface area (Å²) in [6, 6.07) is 18.8. The summed E-state index contributed by atoms with van der Waals surface area (Å²) in [5.41, 5.74) is 4.15. The van der Waals surface area contributed by atoms with Crippen LogP contribution in [0.5, 0.6) is 0 Å². The van der Waals surface area contributed by atoms with Crippen molar-refractivity contribution in [3.63, 3.8) is 0 Å². The molecule has 2 aliphatic rings. The molecule has 140 valence electrons. The van der Waals surface area contributed by atoms with Crippen LogP contribution in [-0.2, 0) is 10.2 Å². The highest BCUT2D eigenvalue weighted by atomic mass is 16.2. The standard InChI is InChI=1S/C24H28N2O/c1-20(27)26(22-9-3-2-4-10-22)17-7-16-25-18-14-24(15-19-25)13-12-21-8-5-6-11-23(21)24/h2-6,8-13H,7,14-19H2,1H3. The molecule has 2 aromatic carbocycles. The number of anilines is 1. The molecule has 1 amide bonds. The van der Waals surface area contributed by atoms with Crippen LogP contribution in [0.25, 0.3) is 6.08 Å². The Morgan fingerprint density at radius 1 is 1.04 bits per heavy atom. The number of nitrogens with zero attached hydrogens (tertiary/aromatic N) is 2. The minimum atomic E-state index is 0.117. The van der Waals surface area contributed by atoms with E-state index in [1.807, 2.05) is 35.2 Å². The molecule has 4 rings (SSSR count). The number of rotatable bonds is 5. The topological polar surface area (TPSA) is 23.6 Å². The summed E-state index contributed by atoms with van der Waals surface area (Å²) in [5, 5.41) is 0. The molecule has 0 atom stereocenters. The number of hydrogen-bond acceptors (Lipinski definition) is 2. The normalized spacial score (nSPS) is 17.8. The van der Waals surface area contributed by atoms with Crippen LogP contribution in [0.15, 0.2) is 60.7 Å². The van der Waals surface area contributed by atoms with Crippen molar-refractivity contribution in [1.29, 1.82) is 0 Å². The second kappa shape index (κ2) is 7.69. The number of allylic oxidation sites excluding steroid dienone is 1. The van der Waals surface area contributed by atoms with Crippen molar-refractivity contribution in [1.82, 2.24) is 4.90 Å². The van der Waals surface area contributed by atoms with E-state index in [1.54, 1.807) is 6.92 Å². The lowest BCUT2D eigenvalue weighted by Gasteiger charge is -2.39. The van der Waals surface area contributed by atoms with Gasteiger partial charge in [0, 0.05) is 24.6 Å². The number of carbonyl (C=O) groups is 1. The first-order valence-electron chi connectivity index (χ1n) is 10.0. The lowest BCUT2D eigenvalue weighted by atomic mass is 9.74. The highest BCUT2D eigenvalue weighted by molar-refractivity contribution is 5.91. The number of amides is 1. The van der Waals surface area contributed by atoms with Crippen LogP contribution in [0, 0.1) is 0 Å². The second-order valence-electron chi connectivity index (χ2n) is 7.78. The van der Waals surface area contributed by atoms with Gasteiger partial charge < -0.3 is 9.80 Å². The Morgan fingerprint density at radius 2 is 1.74 bits per heavy atom. The average Bonchev–Trinajstić information content (AvgIpc) is 3.06. The van der Waals surface area contributed by atoms with Crippen molar-refractivity contribution < 1.29 is 4.79 Å². The molecule has 27 heavy (non-hydrogen) atoms. The first kappa shape index (κ1) is 18.0. The molecule has 0 unspecified atom stereocenters. The van der Waals surface area contributed by atoms with Crippen LogP contribution in [0.1, 0.15) is 37.3 Å². The van der Waals surface area contributed by atoms with Gasteiger partial charge in [0.2, 0.25) is 5.91 Å². The highest BCUT2D eigenvalue weighted by Crippen LogP contribution is 2.43. The van der Waals surface area contributed by atoms with Crippen molar-refractivity contribution >= 4 is 17.7 Å². The number of para-hydroxylation sites is 1. The van der Waals surface area contributed by atoms with Gasteiger partial charge in [-0.3, -0.25) is 4.79 Å². The fourth-order valence-electron chi connectivity index (χ4n) is 4.58. The maximum atomic E-state index is 12.0. The lowest BCUT2D eigenvalue weighted by Crippen LogP contribution is -2.42. The average molecular weight is 361 g/mol. The van der Waals surface area contributed by atoms with Gasteiger partial charge in [0.05, 0.1) is 0 Å². The number of hydrogen-bond donors (Lipinski definition) is 0. The van der Waals surface area contributed by atoms with Gasteiger partial charge in [0.1, 0.15) is 0 Å². The summed E-state index contributed by atoms with van der Waals surface area (Å²) < 4.78 is 0. The summed E-state index contributed by atoms with van der Waals surface area (Å²) >= 11 is 0. The summed E-state index contributed by atoms with van der Waals surface area (Å²) in [5.74, 6) is 0.117. The molecule has 3 nitrogen and oxygen atoms in total. The smallest absolute Gasteiger partial charge is 0.223 e. The van der Waals surface area contributed by atoms with E-state index in [0.29, 0.717) is 0 Å². The van der Waals surface area contributed by atoms with Gasteiger partial charge in [0.15, 0.2) is 0 Å². The third-order valence-electron chi connectivity index (χ3n) is 6.13. The Kier molecular flexibility index (Phi) is 5.13. The SMILES string of the molecule is CC(=O)N(CCCN1CCC2(C=Cc3ccccc32)CC1)c1ccccc1. The van der Waals surface area contributed by atoms with Gasteiger partial charge in [-0.25, -0.2) is 0 Å². The van der Waals surface area contributed by atoms with Gasteiger partial charge in [-0.15, -0.1) is 0 Å². The van der Waals surface area contributed by atoms with E-state index in [0.717, 1.165) is 38.3 Å². The zero-order valence-corrected chi connectivity index (χ0v) is 16.1. The van der Waals surface area contributed by atoms with Crippen LogP contribution in [-0.4, -0.2) is 37.0 Å². The molecule has 2 aromatic rings. The number of piperidine rings is 1. The van der Waals surface area contributed by atoms with E-state index in [4.69, 9.17) is 0 Å². The molecule has 1 aliphatic carbocycles. The van der Waals surface area contributed by atoms with Crippen molar-refractivity contribution in [2.45, 2.75) is 31.6 Å². The van der Waals surface area contributed by atoms with Gasteiger partial charge in [-0.05, 0) is 62.2 Å². The predicted octanol–water partition coefficient (Wildman–Crippen LogP) is 4.49. The van der Waals surface area contributed by atoms with Gasteiger partial charge in [-0.2, -0.15) is 0 Å². The van der Waals surface area contributed by atoms with Crippen LogP contribution in [0.3, 0.4) is 0 Å². The van der Waals surface area contributed by atoms with E-state index >= 15 is 0 Å². The molecule has 0 saturated carbocycles. The molecule has 1 aliphatic heterocycles. The first-order chi connectivity index (χ1) is 13.2. The van der Waals surface area contributed by atoms with Gasteiger partial charge in [-0.1, -0.05) is 54.6 Å². The van der Waals surface area contributed by atoms with E-state index in [1.165, 1.54) is 24.0 Å². The molecule has 0 radical (unpaired) electrons. The third kappa shape index (κ3) is 3.70. The Bertz CT molecular complexity index is 819. The van der Waals surface area contributed by atoms with E-state index in [9.17, 15) is 4.79 Å². The van der Waals surface area contributed by atoms with Crippen LogP contribution in [0.2, 0.25) is 0 Å². The van der Waals surface area contributed by atoms with E-state index in [-0.39, 0.29) is 11.3 Å². The summed E-state index contributed by atoms with van der Waals surface area (Å²) in [7, 11) is 0. The summed E-state index contributed by atoms with van der Waals surface area (Å²) in [6.45, 7) is 5.75. The van der Waals surface area contributed by atoms with Gasteiger partial charge >= 0.3 is 0 Å². The fraction of sp³-hybridized carbons (Fsp3) is 0.375. The number of likely N-dealkylation sites (tertiary alicyclic amines) is 1. The molecular formula is C24H28N2O. The lowest BCUT2D eigenvalue weighted by molar-refractivity contribution is -0.116. The zero-order chi connectivity index (χ0) is 18.7. The zero-order valence-electron chi connectivity index (χ0n) is 16.1. The monoisotopic (exact) mass is 360 g/mol. The van der Waals surface area contributed by atoms with Crippen LogP contribution in [0.4, 0.5) is 5.69 Å². The minimum absolute atomic E-state index is 0.117. The number of fused-ring (bicyclic) bond motifs is 2. The fourth-order valence-corrected chi connectivity index (χ4v) is 4.58. The first-order valence-corrected chi connectivity index (χ1v) is 10.0. The Labute approximate surface area is 162 Å². The maximum absolute atomic E-state index is 12.0. The van der Waals surface area contributed by atoms with E-state index < -0.39 is 0 Å². The molecule has 0 aromatic heterocycles. The van der Waals surface area contributed by atoms with Crippen molar-refractivity contribution in [3.05, 3.63) is 71.8 Å². The van der Waals surface area contributed by atoms with Crippen molar-refractivity contribution in [3.8, 4) is 0 Å². The second-order valence-corrected chi connectivity index (χ2v) is 7.78. The van der Waals surface area contributed by atoms with Crippen molar-refractivity contribution in [2.24, 2.45) is 0 Å². The molecule has 1 heterocycles. The Morgan fingerprint density at radius 3 is 2.48 bits per heavy atom. The largest absolute Gasteiger partial charge is 0.313 e.